The van der Waals surface area contributed by atoms with Gasteiger partial charge >= 0.3 is 12.0 Å². The van der Waals surface area contributed by atoms with Crippen molar-refractivity contribution in [1.29, 1.82) is 0 Å². The van der Waals surface area contributed by atoms with E-state index in [0.717, 1.165) is 11.3 Å². The average Bonchev–Trinajstić information content (AvgIpc) is 2.96. The van der Waals surface area contributed by atoms with E-state index < -0.39 is 11.9 Å². The van der Waals surface area contributed by atoms with Crippen molar-refractivity contribution < 1.29 is 14.7 Å². The summed E-state index contributed by atoms with van der Waals surface area (Å²) in [7, 11) is 0. The number of H-pyrrole nitrogens is 1. The van der Waals surface area contributed by atoms with Gasteiger partial charge < -0.3 is 15.7 Å². The van der Waals surface area contributed by atoms with Gasteiger partial charge in [0.05, 0.1) is 18.2 Å². The molecule has 1 heterocycles. The first-order valence-corrected chi connectivity index (χ1v) is 6.00. The van der Waals surface area contributed by atoms with Crippen molar-refractivity contribution in [2.75, 3.05) is 0 Å². The molecule has 0 saturated heterocycles. The van der Waals surface area contributed by atoms with Crippen LogP contribution in [0.5, 0.6) is 0 Å². The number of aromatic amines is 1. The quantitative estimate of drug-likeness (QED) is 0.595. The number of aliphatic carboxylic acids is 1. The highest BCUT2D eigenvalue weighted by Gasteiger charge is 2.25. The molecule has 102 valence electrons. The molecular formula is C12H16N4O3. The van der Waals surface area contributed by atoms with Gasteiger partial charge in [-0.25, -0.2) is 4.79 Å². The second-order valence-electron chi connectivity index (χ2n) is 4.52. The van der Waals surface area contributed by atoms with Crippen LogP contribution in [0.2, 0.25) is 0 Å². The predicted octanol–water partition coefficient (Wildman–Crippen LogP) is 0.547. The van der Waals surface area contributed by atoms with Gasteiger partial charge in [0, 0.05) is 17.8 Å². The van der Waals surface area contributed by atoms with Gasteiger partial charge in [0.25, 0.3) is 0 Å². The van der Waals surface area contributed by atoms with Gasteiger partial charge in [-0.15, -0.1) is 0 Å². The summed E-state index contributed by atoms with van der Waals surface area (Å²) in [5, 5.41) is 20.9. The first-order chi connectivity index (χ1) is 9.06. The molecule has 0 fully saturated rings. The van der Waals surface area contributed by atoms with E-state index in [1.807, 2.05) is 6.92 Å². The summed E-state index contributed by atoms with van der Waals surface area (Å²) >= 11 is 0. The molecule has 2 atom stereocenters. The highest BCUT2D eigenvalue weighted by molar-refractivity contribution is 5.76. The van der Waals surface area contributed by atoms with Crippen LogP contribution < -0.4 is 10.6 Å². The van der Waals surface area contributed by atoms with E-state index in [1.54, 1.807) is 18.3 Å². The molecule has 7 nitrogen and oxygen atoms in total. The Bertz CT molecular complexity index is 509. The number of carbonyl (C=O) groups is 2. The highest BCUT2D eigenvalue weighted by atomic mass is 16.4. The normalized spacial score (nSPS) is 21.3. The predicted molar refractivity (Wildman–Crippen MR) is 67.4 cm³/mol. The molecule has 1 aliphatic carbocycles. The molecule has 0 aromatic carbocycles. The molecule has 0 aliphatic heterocycles. The molecular weight excluding hydrogens is 248 g/mol. The fraction of sp³-hybridized carbons (Fsp3) is 0.417. The molecule has 7 heteroatoms. The largest absolute Gasteiger partial charge is 0.481 e. The van der Waals surface area contributed by atoms with E-state index in [2.05, 4.69) is 20.8 Å². The Kier molecular flexibility index (Phi) is 3.84. The molecule has 1 aromatic heterocycles. The number of nitrogens with zero attached hydrogens (tertiary/aromatic N) is 1. The van der Waals surface area contributed by atoms with Gasteiger partial charge in [-0.3, -0.25) is 9.89 Å². The zero-order valence-corrected chi connectivity index (χ0v) is 10.5. The third kappa shape index (κ3) is 3.34. The number of nitrogens with one attached hydrogen (secondary N) is 3. The number of aromatic nitrogens is 2. The highest BCUT2D eigenvalue weighted by Crippen LogP contribution is 2.17. The molecule has 2 rings (SSSR count). The minimum Gasteiger partial charge on any atom is -0.481 e. The summed E-state index contributed by atoms with van der Waals surface area (Å²) in [6.07, 6.45) is 5.37. The van der Waals surface area contributed by atoms with E-state index in [-0.39, 0.29) is 12.1 Å². The molecule has 1 aliphatic rings. The summed E-state index contributed by atoms with van der Waals surface area (Å²) in [5.41, 5.74) is 1.83. The second-order valence-corrected chi connectivity index (χ2v) is 4.52. The van der Waals surface area contributed by atoms with Crippen molar-refractivity contribution in [3.8, 4) is 0 Å². The van der Waals surface area contributed by atoms with Crippen LogP contribution in [0.1, 0.15) is 17.7 Å². The van der Waals surface area contributed by atoms with Crippen molar-refractivity contribution in [1.82, 2.24) is 20.8 Å². The van der Waals surface area contributed by atoms with Gasteiger partial charge in [0.1, 0.15) is 0 Å². The molecule has 4 N–H and O–H groups in total. The van der Waals surface area contributed by atoms with Crippen LogP contribution in [0.3, 0.4) is 0 Å². The number of carboxylic acid groups (broad SMARTS) is 1. The van der Waals surface area contributed by atoms with Gasteiger partial charge in [0.2, 0.25) is 0 Å². The van der Waals surface area contributed by atoms with Gasteiger partial charge in [0.15, 0.2) is 0 Å². The van der Waals surface area contributed by atoms with Crippen LogP contribution in [0, 0.1) is 12.8 Å². The number of rotatable bonds is 4. The van der Waals surface area contributed by atoms with Crippen molar-refractivity contribution in [3.05, 3.63) is 29.6 Å². The smallest absolute Gasteiger partial charge is 0.315 e. The van der Waals surface area contributed by atoms with Crippen LogP contribution in [0.15, 0.2) is 18.3 Å². The van der Waals surface area contributed by atoms with Crippen LogP contribution >= 0.6 is 0 Å². The lowest BCUT2D eigenvalue weighted by Crippen LogP contribution is -2.40. The molecule has 0 saturated carbocycles. The molecule has 1 aromatic rings. The number of carbonyl (C=O) groups excluding carboxylic acids is 1. The van der Waals surface area contributed by atoms with Crippen molar-refractivity contribution in [2.24, 2.45) is 5.92 Å². The molecule has 2 amide bonds. The Morgan fingerprint density at radius 2 is 2.32 bits per heavy atom. The molecule has 2 unspecified atom stereocenters. The number of carboxylic acids is 1. The molecule has 0 spiro atoms. The van der Waals surface area contributed by atoms with Crippen LogP contribution in [-0.4, -0.2) is 33.3 Å². The Morgan fingerprint density at radius 3 is 2.89 bits per heavy atom. The first-order valence-electron chi connectivity index (χ1n) is 6.00. The minimum absolute atomic E-state index is 0.230. The molecule has 0 bridgehead atoms. The number of aryl methyl sites for hydroxylation is 1. The van der Waals surface area contributed by atoms with Gasteiger partial charge in [-0.1, -0.05) is 12.2 Å². The van der Waals surface area contributed by atoms with Crippen LogP contribution in [0.25, 0.3) is 0 Å². The maximum Gasteiger partial charge on any atom is 0.315 e. The lowest BCUT2D eigenvalue weighted by molar-refractivity contribution is -0.140. The van der Waals surface area contributed by atoms with Crippen molar-refractivity contribution >= 4 is 12.0 Å². The molecule has 19 heavy (non-hydrogen) atoms. The van der Waals surface area contributed by atoms with Gasteiger partial charge in [-0.05, 0) is 13.3 Å². The summed E-state index contributed by atoms with van der Waals surface area (Å²) in [6, 6.07) is -0.548. The summed E-state index contributed by atoms with van der Waals surface area (Å²) in [6.45, 7) is 2.26. The van der Waals surface area contributed by atoms with E-state index in [0.29, 0.717) is 13.0 Å². The third-order valence-corrected chi connectivity index (χ3v) is 3.09. The number of urea groups is 1. The summed E-state index contributed by atoms with van der Waals surface area (Å²) in [4.78, 5) is 22.4. The van der Waals surface area contributed by atoms with Crippen LogP contribution in [0.4, 0.5) is 4.79 Å². The minimum atomic E-state index is -0.866. The van der Waals surface area contributed by atoms with Gasteiger partial charge in [-0.2, -0.15) is 5.10 Å². The Labute approximate surface area is 110 Å². The first kappa shape index (κ1) is 13.1. The fourth-order valence-corrected chi connectivity index (χ4v) is 1.94. The summed E-state index contributed by atoms with van der Waals surface area (Å²) < 4.78 is 0. The third-order valence-electron chi connectivity index (χ3n) is 3.09. The standard InChI is InChI=1S/C12H16N4O3/c1-7-9(6-14-16-7)5-13-12(19)15-10-3-2-8(4-10)11(17)18/h2-3,6,8,10H,4-5H2,1H3,(H,14,16)(H,17,18)(H2,13,15,19). The Balaban J connectivity index is 1.75. The maximum atomic E-state index is 11.6. The van der Waals surface area contributed by atoms with Crippen molar-refractivity contribution in [2.45, 2.75) is 25.9 Å². The topological polar surface area (TPSA) is 107 Å². The lowest BCUT2D eigenvalue weighted by Gasteiger charge is -2.12. The van der Waals surface area contributed by atoms with E-state index in [4.69, 9.17) is 5.11 Å². The van der Waals surface area contributed by atoms with E-state index in [1.165, 1.54) is 0 Å². The number of hydrogen-bond donors (Lipinski definition) is 4. The molecule has 0 radical (unpaired) electrons. The second kappa shape index (κ2) is 5.55. The number of hydrogen-bond acceptors (Lipinski definition) is 3. The summed E-state index contributed by atoms with van der Waals surface area (Å²) in [5.74, 6) is -1.38. The Hall–Kier alpha value is -2.31. The lowest BCUT2D eigenvalue weighted by atomic mass is 10.1. The fourth-order valence-electron chi connectivity index (χ4n) is 1.94. The average molecular weight is 264 g/mol. The van der Waals surface area contributed by atoms with Crippen LogP contribution in [-0.2, 0) is 11.3 Å². The monoisotopic (exact) mass is 264 g/mol. The van der Waals surface area contributed by atoms with E-state index in [9.17, 15) is 9.59 Å². The maximum absolute atomic E-state index is 11.6. The zero-order chi connectivity index (χ0) is 13.8. The zero-order valence-electron chi connectivity index (χ0n) is 10.5. The number of amides is 2. The SMILES string of the molecule is Cc1[nH]ncc1CNC(=O)NC1C=CC(C(=O)O)C1. The van der Waals surface area contributed by atoms with E-state index >= 15 is 0 Å². The van der Waals surface area contributed by atoms with Crippen molar-refractivity contribution in [3.63, 3.8) is 0 Å². The Morgan fingerprint density at radius 1 is 1.53 bits per heavy atom.